The molecule has 1 heterocycles. The standard InChI is InChI=1S/C26H33NO2S/c1-25-13-11-21-23(30-24(27-21)15-4-3-5-16(28)14-15)20(25)7-6-17-18-8-9-22(29)26(18,2)12-10-19(17)25/h3-5,14,17-20,22,28-29H,6-13H2,1-2H3/t17-,18-,19-,20-,22-,25+,26-/m0/s1. The second-order valence-corrected chi connectivity index (χ2v) is 12.1. The number of aliphatic hydroxyl groups excluding tert-OH is 1. The van der Waals surface area contributed by atoms with E-state index in [1.165, 1.54) is 49.1 Å². The number of phenolic OH excluding ortho intramolecular Hbond substituents is 1. The maximum absolute atomic E-state index is 10.7. The van der Waals surface area contributed by atoms with Gasteiger partial charge in [-0.2, -0.15) is 0 Å². The van der Waals surface area contributed by atoms with Crippen molar-refractivity contribution in [2.45, 2.75) is 77.2 Å². The van der Waals surface area contributed by atoms with Crippen molar-refractivity contribution in [3.05, 3.63) is 34.8 Å². The minimum absolute atomic E-state index is 0.0849. The molecular weight excluding hydrogens is 390 g/mol. The van der Waals surface area contributed by atoms with Crippen molar-refractivity contribution in [3.63, 3.8) is 0 Å². The maximum Gasteiger partial charge on any atom is 0.124 e. The molecule has 0 amide bonds. The molecule has 0 aliphatic heterocycles. The van der Waals surface area contributed by atoms with Crippen LogP contribution in [0.25, 0.3) is 10.6 Å². The van der Waals surface area contributed by atoms with E-state index in [2.05, 4.69) is 19.9 Å². The zero-order valence-electron chi connectivity index (χ0n) is 18.1. The van der Waals surface area contributed by atoms with Gasteiger partial charge in [0.05, 0.1) is 11.8 Å². The van der Waals surface area contributed by atoms with Gasteiger partial charge >= 0.3 is 0 Å². The number of rotatable bonds is 1. The third-order valence-corrected chi connectivity index (χ3v) is 11.1. The molecule has 3 saturated carbocycles. The van der Waals surface area contributed by atoms with Crippen LogP contribution in [0, 0.1) is 28.6 Å². The Morgan fingerprint density at radius 1 is 1.00 bits per heavy atom. The van der Waals surface area contributed by atoms with Crippen molar-refractivity contribution in [3.8, 4) is 16.3 Å². The Bertz CT molecular complexity index is 985. The highest BCUT2D eigenvalue weighted by molar-refractivity contribution is 7.15. The molecule has 3 fully saturated rings. The van der Waals surface area contributed by atoms with Gasteiger partial charge in [0.25, 0.3) is 0 Å². The molecule has 0 spiro atoms. The molecule has 7 atom stereocenters. The lowest BCUT2D eigenvalue weighted by Gasteiger charge is -2.59. The molecule has 4 aliphatic carbocycles. The second kappa shape index (κ2) is 6.56. The molecule has 4 heteroatoms. The van der Waals surface area contributed by atoms with Gasteiger partial charge in [-0.25, -0.2) is 4.98 Å². The van der Waals surface area contributed by atoms with E-state index in [-0.39, 0.29) is 11.5 Å². The van der Waals surface area contributed by atoms with Gasteiger partial charge in [0.15, 0.2) is 0 Å². The van der Waals surface area contributed by atoms with E-state index < -0.39 is 0 Å². The summed E-state index contributed by atoms with van der Waals surface area (Å²) in [6, 6.07) is 7.54. The number of hydrogen-bond acceptors (Lipinski definition) is 4. The van der Waals surface area contributed by atoms with Gasteiger partial charge in [-0.1, -0.05) is 26.0 Å². The molecule has 2 N–H and O–H groups in total. The van der Waals surface area contributed by atoms with Crippen molar-refractivity contribution >= 4 is 11.3 Å². The Kier molecular flexibility index (Phi) is 4.22. The van der Waals surface area contributed by atoms with E-state index in [0.29, 0.717) is 17.1 Å². The number of aromatic nitrogens is 1. The summed E-state index contributed by atoms with van der Waals surface area (Å²) in [6.45, 7) is 4.96. The number of aliphatic hydroxyl groups is 1. The van der Waals surface area contributed by atoms with Gasteiger partial charge < -0.3 is 10.2 Å². The van der Waals surface area contributed by atoms with Crippen molar-refractivity contribution in [2.24, 2.45) is 28.6 Å². The first-order chi connectivity index (χ1) is 14.4. The highest BCUT2D eigenvalue weighted by atomic mass is 32.1. The smallest absolute Gasteiger partial charge is 0.124 e. The maximum atomic E-state index is 10.7. The third kappa shape index (κ3) is 2.56. The van der Waals surface area contributed by atoms with E-state index >= 15 is 0 Å². The van der Waals surface area contributed by atoms with E-state index in [1.807, 2.05) is 23.5 Å². The molecule has 1 aromatic heterocycles. The largest absolute Gasteiger partial charge is 0.508 e. The third-order valence-electron chi connectivity index (χ3n) is 9.86. The fourth-order valence-electron chi connectivity index (χ4n) is 8.18. The van der Waals surface area contributed by atoms with Crippen molar-refractivity contribution in [2.75, 3.05) is 0 Å². The average molecular weight is 424 g/mol. The van der Waals surface area contributed by atoms with Gasteiger partial charge in [0.2, 0.25) is 0 Å². The summed E-state index contributed by atoms with van der Waals surface area (Å²) in [5.41, 5.74) is 2.89. The molecule has 1 aromatic carbocycles. The van der Waals surface area contributed by atoms with E-state index in [4.69, 9.17) is 4.98 Å². The summed E-state index contributed by atoms with van der Waals surface area (Å²) < 4.78 is 0. The number of hydrogen-bond donors (Lipinski definition) is 2. The lowest BCUT2D eigenvalue weighted by Crippen LogP contribution is -2.52. The van der Waals surface area contributed by atoms with E-state index in [9.17, 15) is 10.2 Å². The van der Waals surface area contributed by atoms with E-state index in [0.717, 1.165) is 41.2 Å². The van der Waals surface area contributed by atoms with Crippen LogP contribution in [0.1, 0.15) is 75.3 Å². The van der Waals surface area contributed by atoms with Crippen LogP contribution in [0.4, 0.5) is 0 Å². The number of aromatic hydroxyl groups is 1. The first-order valence-corrected chi connectivity index (χ1v) is 12.7. The molecule has 3 nitrogen and oxygen atoms in total. The fourth-order valence-corrected chi connectivity index (χ4v) is 9.59. The number of fused-ring (bicyclic) bond motifs is 7. The number of aryl methyl sites for hydroxylation is 1. The molecular formula is C26H33NO2S. The van der Waals surface area contributed by atoms with Crippen LogP contribution in [0.15, 0.2) is 24.3 Å². The number of benzene rings is 1. The molecule has 0 bridgehead atoms. The van der Waals surface area contributed by atoms with Crippen molar-refractivity contribution < 1.29 is 10.2 Å². The molecule has 0 radical (unpaired) electrons. The van der Waals surface area contributed by atoms with Crippen LogP contribution < -0.4 is 0 Å². The zero-order valence-corrected chi connectivity index (χ0v) is 18.9. The molecule has 0 saturated heterocycles. The summed E-state index contributed by atoms with van der Waals surface area (Å²) in [5.74, 6) is 3.24. The van der Waals surface area contributed by atoms with Crippen LogP contribution >= 0.6 is 11.3 Å². The lowest BCUT2D eigenvalue weighted by atomic mass is 9.45. The average Bonchev–Trinajstić information content (AvgIpc) is 3.29. The quantitative estimate of drug-likeness (QED) is 0.578. The van der Waals surface area contributed by atoms with Crippen molar-refractivity contribution in [1.82, 2.24) is 4.98 Å². The first-order valence-electron chi connectivity index (χ1n) is 11.9. The SMILES string of the molecule is C[C@]12CCc3nc(-c4cccc(O)c4)sc3[C@@H]1CC[C@@H]1[C@@H]2CC[C@]2(C)[C@@H](O)CC[C@@H]12. The van der Waals surface area contributed by atoms with Crippen LogP contribution in [0.3, 0.4) is 0 Å². The number of phenols is 1. The van der Waals surface area contributed by atoms with Crippen LogP contribution in [0.2, 0.25) is 0 Å². The fraction of sp³-hybridized carbons (Fsp3) is 0.654. The van der Waals surface area contributed by atoms with Gasteiger partial charge in [-0.05, 0) is 92.1 Å². The summed E-state index contributed by atoms with van der Waals surface area (Å²) in [6.07, 6.45) is 9.57. The van der Waals surface area contributed by atoms with Gasteiger partial charge in [-0.3, -0.25) is 0 Å². The minimum atomic E-state index is -0.0849. The summed E-state index contributed by atoms with van der Waals surface area (Å²) in [5, 5.41) is 21.7. The van der Waals surface area contributed by atoms with Gasteiger partial charge in [-0.15, -0.1) is 11.3 Å². The summed E-state index contributed by atoms with van der Waals surface area (Å²) >= 11 is 1.88. The number of nitrogens with zero attached hydrogens (tertiary/aromatic N) is 1. The predicted octanol–water partition coefficient (Wildman–Crippen LogP) is 6.15. The minimum Gasteiger partial charge on any atom is -0.508 e. The highest BCUT2D eigenvalue weighted by Gasteiger charge is 2.60. The number of thiazole rings is 1. The predicted molar refractivity (Wildman–Crippen MR) is 121 cm³/mol. The van der Waals surface area contributed by atoms with Crippen LogP contribution in [-0.4, -0.2) is 21.3 Å². The molecule has 6 rings (SSSR count). The Labute approximate surface area is 183 Å². The Morgan fingerprint density at radius 2 is 1.83 bits per heavy atom. The van der Waals surface area contributed by atoms with Gasteiger partial charge in [0.1, 0.15) is 10.8 Å². The monoisotopic (exact) mass is 423 g/mol. The zero-order chi connectivity index (χ0) is 20.7. The highest BCUT2D eigenvalue weighted by Crippen LogP contribution is 2.68. The van der Waals surface area contributed by atoms with E-state index in [1.54, 1.807) is 6.07 Å². The first kappa shape index (κ1) is 19.3. The molecule has 2 aromatic rings. The van der Waals surface area contributed by atoms with Crippen LogP contribution in [-0.2, 0) is 6.42 Å². The Balaban J connectivity index is 1.34. The topological polar surface area (TPSA) is 53.4 Å². The molecule has 0 unspecified atom stereocenters. The lowest BCUT2D eigenvalue weighted by molar-refractivity contribution is -0.0985. The second-order valence-electron chi connectivity index (χ2n) is 11.0. The summed E-state index contributed by atoms with van der Waals surface area (Å²) in [7, 11) is 0. The Morgan fingerprint density at radius 3 is 2.67 bits per heavy atom. The summed E-state index contributed by atoms with van der Waals surface area (Å²) in [4.78, 5) is 6.56. The molecule has 160 valence electrons. The van der Waals surface area contributed by atoms with Crippen molar-refractivity contribution in [1.29, 1.82) is 0 Å². The molecule has 30 heavy (non-hydrogen) atoms. The Hall–Kier alpha value is -1.39. The normalized spacial score (nSPS) is 42.2. The van der Waals surface area contributed by atoms with Gasteiger partial charge in [0, 0.05) is 16.4 Å². The van der Waals surface area contributed by atoms with Crippen LogP contribution in [0.5, 0.6) is 5.75 Å². The molecule has 4 aliphatic rings.